The van der Waals surface area contributed by atoms with Crippen LogP contribution in [0, 0.1) is 6.92 Å². The average Bonchev–Trinajstić information content (AvgIpc) is 3.37. The number of pyridine rings is 1. The molecule has 3 fully saturated rings. The normalized spacial score (nSPS) is 22.9. The van der Waals surface area contributed by atoms with Crippen LogP contribution in [0.1, 0.15) is 54.7 Å². The molecule has 4 heterocycles. The summed E-state index contributed by atoms with van der Waals surface area (Å²) in [7, 11) is 1.90. The van der Waals surface area contributed by atoms with E-state index >= 15 is 0 Å². The number of ether oxygens (including phenoxy) is 1. The number of rotatable bonds is 8. The number of halogens is 1. The van der Waals surface area contributed by atoms with Gasteiger partial charge in [0.25, 0.3) is 5.91 Å². The van der Waals surface area contributed by atoms with Crippen LogP contribution >= 0.6 is 0 Å². The number of hydrogen-bond donors (Lipinski definition) is 2. The molecule has 2 aliphatic heterocycles. The SMILES string of the molecule is Cc1cnn(C)c1-c1ccc(NC(=O)C(NC(=O)C2(F)CC2)[C@@H]2CCCc3ccc(-c4ccnc(N5CC6CC5CO6)c4)cc32)cc1. The number of fused-ring (bicyclic) bond motifs is 3. The summed E-state index contributed by atoms with van der Waals surface area (Å²) in [6.07, 6.45) is 7.80. The van der Waals surface area contributed by atoms with Gasteiger partial charge in [-0.05, 0) is 97.5 Å². The lowest BCUT2D eigenvalue weighted by Crippen LogP contribution is -2.51. The number of hydrogen-bond acceptors (Lipinski definition) is 6. The Kier molecular flexibility index (Phi) is 7.35. The van der Waals surface area contributed by atoms with E-state index < -0.39 is 17.6 Å². The number of morpholine rings is 1. The molecule has 4 atom stereocenters. The highest BCUT2D eigenvalue weighted by atomic mass is 19.1. The van der Waals surface area contributed by atoms with Gasteiger partial charge < -0.3 is 20.3 Å². The van der Waals surface area contributed by atoms with E-state index in [1.54, 1.807) is 0 Å². The molecule has 2 amide bonds. The molecule has 0 spiro atoms. The number of carbonyl (C=O) groups excluding carboxylic acids is 2. The van der Waals surface area contributed by atoms with Crippen LogP contribution in [0.3, 0.4) is 0 Å². The molecule has 242 valence electrons. The maximum absolute atomic E-state index is 15.0. The molecule has 4 aliphatic rings. The zero-order valence-electron chi connectivity index (χ0n) is 26.7. The lowest BCUT2D eigenvalue weighted by molar-refractivity contribution is -0.131. The Bertz CT molecular complexity index is 1830. The molecule has 2 aromatic heterocycles. The Hall–Kier alpha value is -4.57. The van der Waals surface area contributed by atoms with E-state index in [0.29, 0.717) is 18.2 Å². The van der Waals surface area contributed by atoms with E-state index in [1.165, 1.54) is 0 Å². The third-order valence-electron chi connectivity index (χ3n) is 10.4. The monoisotopic (exact) mass is 634 g/mol. The molecule has 3 unspecified atom stereocenters. The van der Waals surface area contributed by atoms with Crippen LogP contribution < -0.4 is 15.5 Å². The molecule has 9 nitrogen and oxygen atoms in total. The fourth-order valence-electron chi connectivity index (χ4n) is 7.65. The fourth-order valence-corrected chi connectivity index (χ4v) is 7.65. The maximum atomic E-state index is 15.0. The zero-order chi connectivity index (χ0) is 32.3. The topological polar surface area (TPSA) is 101 Å². The van der Waals surface area contributed by atoms with Gasteiger partial charge in [-0.25, -0.2) is 9.37 Å². The zero-order valence-corrected chi connectivity index (χ0v) is 26.7. The first-order valence-corrected chi connectivity index (χ1v) is 16.6. The van der Waals surface area contributed by atoms with Crippen molar-refractivity contribution in [2.45, 2.75) is 75.2 Å². The predicted molar refractivity (Wildman–Crippen MR) is 178 cm³/mol. The summed E-state index contributed by atoms with van der Waals surface area (Å²) in [6.45, 7) is 3.60. The quantitative estimate of drug-likeness (QED) is 0.266. The standard InChI is InChI=1S/C37H39FN6O3/c1-22-19-40-43(2)34(22)24-8-10-27(11-9-24)41-35(45)33(42-36(46)37(38)13-14-37)30-5-3-4-23-6-7-25(16-31(23)30)26-12-15-39-32(17-26)44-20-29-18-28(44)21-47-29/h6-12,15-17,19,28-30,33H,3-5,13-14,18,20-21H2,1-2H3,(H,41,45)(H,42,46)/t28?,29?,30-,33?/m1/s1. The van der Waals surface area contributed by atoms with Gasteiger partial charge in [-0.1, -0.05) is 30.3 Å². The second-order valence-corrected chi connectivity index (χ2v) is 13.6. The van der Waals surface area contributed by atoms with E-state index in [-0.39, 0.29) is 30.8 Å². The van der Waals surface area contributed by atoms with Crippen molar-refractivity contribution in [3.8, 4) is 22.4 Å². The first-order valence-electron chi connectivity index (χ1n) is 16.6. The van der Waals surface area contributed by atoms with Crippen LogP contribution in [-0.2, 0) is 27.8 Å². The van der Waals surface area contributed by atoms with E-state index in [2.05, 4.69) is 49.9 Å². The Labute approximate surface area is 273 Å². The summed E-state index contributed by atoms with van der Waals surface area (Å²) in [5.41, 5.74) is 5.99. The van der Waals surface area contributed by atoms with Gasteiger partial charge in [-0.15, -0.1) is 0 Å². The highest BCUT2D eigenvalue weighted by Gasteiger charge is 2.52. The number of anilines is 2. The first-order chi connectivity index (χ1) is 22.8. The van der Waals surface area contributed by atoms with Gasteiger partial charge >= 0.3 is 0 Å². The lowest BCUT2D eigenvalue weighted by Gasteiger charge is -2.33. The molecular weight excluding hydrogens is 595 g/mol. The van der Waals surface area contributed by atoms with Crippen molar-refractivity contribution in [1.29, 1.82) is 0 Å². The Morgan fingerprint density at radius 3 is 2.55 bits per heavy atom. The van der Waals surface area contributed by atoms with Gasteiger partial charge in [0, 0.05) is 37.0 Å². The van der Waals surface area contributed by atoms with Gasteiger partial charge in [0.2, 0.25) is 5.91 Å². The predicted octanol–water partition coefficient (Wildman–Crippen LogP) is 5.48. The van der Waals surface area contributed by atoms with Crippen LogP contribution in [-0.4, -0.2) is 63.6 Å². The van der Waals surface area contributed by atoms with Crippen molar-refractivity contribution in [3.05, 3.63) is 83.7 Å². The summed E-state index contributed by atoms with van der Waals surface area (Å²) >= 11 is 0. The minimum Gasteiger partial charge on any atom is -0.374 e. The Balaban J connectivity index is 1.08. The molecule has 8 rings (SSSR count). The third-order valence-corrected chi connectivity index (χ3v) is 10.4. The molecule has 4 aromatic rings. The maximum Gasteiger partial charge on any atom is 0.258 e. The van der Waals surface area contributed by atoms with E-state index in [0.717, 1.165) is 77.3 Å². The molecule has 2 aliphatic carbocycles. The molecule has 2 saturated heterocycles. The molecular formula is C37H39FN6O3. The molecule has 1 saturated carbocycles. The lowest BCUT2D eigenvalue weighted by atomic mass is 9.77. The Morgan fingerprint density at radius 2 is 1.85 bits per heavy atom. The van der Waals surface area contributed by atoms with Crippen molar-refractivity contribution >= 4 is 23.3 Å². The number of nitrogens with one attached hydrogen (secondary N) is 2. The number of aromatic nitrogens is 3. The molecule has 2 aromatic carbocycles. The van der Waals surface area contributed by atoms with Crippen molar-refractivity contribution in [2.24, 2.45) is 7.05 Å². The molecule has 2 bridgehead atoms. The van der Waals surface area contributed by atoms with Gasteiger partial charge in [-0.3, -0.25) is 14.3 Å². The smallest absolute Gasteiger partial charge is 0.258 e. The minimum absolute atomic E-state index is 0.183. The molecule has 2 N–H and O–H groups in total. The van der Waals surface area contributed by atoms with Crippen LogP contribution in [0.5, 0.6) is 0 Å². The average molecular weight is 635 g/mol. The summed E-state index contributed by atoms with van der Waals surface area (Å²) < 4.78 is 22.6. The number of alkyl halides is 1. The highest BCUT2D eigenvalue weighted by Crippen LogP contribution is 2.42. The van der Waals surface area contributed by atoms with Gasteiger partial charge in [0.05, 0.1) is 30.6 Å². The number of benzene rings is 2. The van der Waals surface area contributed by atoms with Crippen molar-refractivity contribution in [2.75, 3.05) is 23.4 Å². The molecule has 0 radical (unpaired) electrons. The number of nitrogens with zero attached hydrogens (tertiary/aromatic N) is 4. The van der Waals surface area contributed by atoms with Crippen molar-refractivity contribution < 1.29 is 18.7 Å². The summed E-state index contributed by atoms with van der Waals surface area (Å²) in [5, 5.41) is 10.2. The first kappa shape index (κ1) is 29.8. The van der Waals surface area contributed by atoms with Crippen molar-refractivity contribution in [1.82, 2.24) is 20.1 Å². The Morgan fingerprint density at radius 1 is 1.06 bits per heavy atom. The molecule has 10 heteroatoms. The number of amides is 2. The van der Waals surface area contributed by atoms with Gasteiger partial charge in [0.1, 0.15) is 11.9 Å². The highest BCUT2D eigenvalue weighted by molar-refractivity contribution is 6.00. The summed E-state index contributed by atoms with van der Waals surface area (Å²) in [6, 6.07) is 17.6. The van der Waals surface area contributed by atoms with E-state index in [4.69, 9.17) is 4.74 Å². The van der Waals surface area contributed by atoms with Crippen LogP contribution in [0.4, 0.5) is 15.9 Å². The third kappa shape index (κ3) is 5.58. The second kappa shape index (κ2) is 11.6. The van der Waals surface area contributed by atoms with Crippen molar-refractivity contribution in [3.63, 3.8) is 0 Å². The van der Waals surface area contributed by atoms with E-state index in [1.807, 2.05) is 61.4 Å². The second-order valence-electron chi connectivity index (χ2n) is 13.6. The van der Waals surface area contributed by atoms with E-state index in [9.17, 15) is 14.0 Å². The molecule has 47 heavy (non-hydrogen) atoms. The van der Waals surface area contributed by atoms with Gasteiger partial charge in [-0.2, -0.15) is 5.10 Å². The number of carbonyl (C=O) groups is 2. The van der Waals surface area contributed by atoms with Gasteiger partial charge in [0.15, 0.2) is 5.67 Å². The number of aryl methyl sites for hydroxylation is 3. The minimum atomic E-state index is -1.89. The summed E-state index contributed by atoms with van der Waals surface area (Å²) in [4.78, 5) is 34.2. The van der Waals surface area contributed by atoms with Crippen LogP contribution in [0.25, 0.3) is 22.4 Å². The fraction of sp³-hybridized carbons (Fsp3) is 0.405. The van der Waals surface area contributed by atoms with Crippen LogP contribution in [0.15, 0.2) is 67.0 Å². The largest absolute Gasteiger partial charge is 0.374 e. The van der Waals surface area contributed by atoms with Crippen LogP contribution in [0.2, 0.25) is 0 Å². The summed E-state index contributed by atoms with van der Waals surface area (Å²) in [5.74, 6) is -0.424.